The minimum Gasteiger partial charge on any atom is -0.291 e. The molecule has 0 saturated carbocycles. The van der Waals surface area contributed by atoms with Crippen molar-refractivity contribution in [3.63, 3.8) is 0 Å². The van der Waals surface area contributed by atoms with Crippen LogP contribution >= 0.6 is 0 Å². The Bertz CT molecular complexity index is 322. The number of hydrogen-bond acceptors (Lipinski definition) is 2. The molecule has 0 spiro atoms. The maximum Gasteiger partial charge on any atom is 0.198 e. The highest BCUT2D eigenvalue weighted by molar-refractivity contribution is 6.36. The number of unbranched alkanes of at least 4 members (excludes halogenated alkanes) is 18. The molecular weight excluding hydrogens is 320 g/mol. The summed E-state index contributed by atoms with van der Waals surface area (Å²) in [5, 5.41) is 0. The highest BCUT2D eigenvalue weighted by atomic mass is 16.2. The Morgan fingerprint density at radius 3 is 1.00 bits per heavy atom. The van der Waals surface area contributed by atoms with E-state index in [9.17, 15) is 9.59 Å². The quantitative estimate of drug-likeness (QED) is 0.152. The van der Waals surface area contributed by atoms with Gasteiger partial charge in [-0.3, -0.25) is 9.59 Å². The zero-order valence-corrected chi connectivity index (χ0v) is 18.0. The van der Waals surface area contributed by atoms with Crippen LogP contribution in [0.1, 0.15) is 142 Å². The molecule has 0 heterocycles. The molecule has 0 bridgehead atoms. The van der Waals surface area contributed by atoms with E-state index in [4.69, 9.17) is 0 Å². The number of rotatable bonds is 21. The third-order valence-electron chi connectivity index (χ3n) is 5.40. The van der Waals surface area contributed by atoms with E-state index in [2.05, 4.69) is 6.92 Å². The number of carbonyl (C=O) groups is 2. The van der Waals surface area contributed by atoms with Crippen molar-refractivity contribution in [1.82, 2.24) is 0 Å². The van der Waals surface area contributed by atoms with E-state index in [0.717, 1.165) is 12.8 Å². The van der Waals surface area contributed by atoms with Gasteiger partial charge in [-0.1, -0.05) is 122 Å². The van der Waals surface area contributed by atoms with Crippen molar-refractivity contribution in [2.75, 3.05) is 0 Å². The molecule has 0 aromatic heterocycles. The maximum absolute atomic E-state index is 11.2. The van der Waals surface area contributed by atoms with Crippen LogP contribution in [0.15, 0.2) is 0 Å². The Hall–Kier alpha value is -0.660. The zero-order chi connectivity index (χ0) is 19.3. The lowest BCUT2D eigenvalue weighted by Gasteiger charge is -2.04. The van der Waals surface area contributed by atoms with E-state index >= 15 is 0 Å². The van der Waals surface area contributed by atoms with Crippen LogP contribution in [0.3, 0.4) is 0 Å². The molecule has 0 rings (SSSR count). The minimum atomic E-state index is -0.285. The molecule has 0 aliphatic rings. The van der Waals surface area contributed by atoms with Crippen LogP contribution in [0.5, 0.6) is 0 Å². The Morgan fingerprint density at radius 2 is 0.731 bits per heavy atom. The highest BCUT2D eigenvalue weighted by Crippen LogP contribution is 2.14. The van der Waals surface area contributed by atoms with Gasteiger partial charge >= 0.3 is 0 Å². The third kappa shape index (κ3) is 19.7. The lowest BCUT2D eigenvalue weighted by Crippen LogP contribution is -2.08. The summed E-state index contributed by atoms with van der Waals surface area (Å²) in [6.07, 6.45) is 26.2. The van der Waals surface area contributed by atoms with Crippen LogP contribution in [-0.4, -0.2) is 11.6 Å². The van der Waals surface area contributed by atoms with Gasteiger partial charge < -0.3 is 0 Å². The lowest BCUT2D eigenvalue weighted by atomic mass is 10.0. The Balaban J connectivity index is 3.05. The van der Waals surface area contributed by atoms with Crippen molar-refractivity contribution in [1.29, 1.82) is 0 Å². The number of Topliss-reactive ketones (excluding diaryl/α,β-unsaturated/α-hetero) is 2. The van der Waals surface area contributed by atoms with E-state index in [-0.39, 0.29) is 11.6 Å². The van der Waals surface area contributed by atoms with Gasteiger partial charge in [0.2, 0.25) is 0 Å². The molecule has 0 amide bonds. The van der Waals surface area contributed by atoms with Crippen LogP contribution < -0.4 is 0 Å². The second-order valence-corrected chi connectivity index (χ2v) is 8.09. The van der Waals surface area contributed by atoms with Gasteiger partial charge in [-0.05, 0) is 6.42 Å². The van der Waals surface area contributed by atoms with E-state index < -0.39 is 0 Å². The van der Waals surface area contributed by atoms with Gasteiger partial charge in [0.1, 0.15) is 0 Å². The molecule has 2 heteroatoms. The van der Waals surface area contributed by atoms with Crippen LogP contribution in [0.2, 0.25) is 0 Å². The Morgan fingerprint density at radius 1 is 0.462 bits per heavy atom. The second kappa shape index (κ2) is 20.6. The van der Waals surface area contributed by atoms with E-state index in [1.165, 1.54) is 116 Å². The zero-order valence-electron chi connectivity index (χ0n) is 18.0. The molecular formula is C24H46O2. The van der Waals surface area contributed by atoms with Gasteiger partial charge in [0.25, 0.3) is 0 Å². The number of carbonyl (C=O) groups excluding carboxylic acids is 2. The van der Waals surface area contributed by atoms with Gasteiger partial charge in [0.15, 0.2) is 11.6 Å². The van der Waals surface area contributed by atoms with Crippen LogP contribution in [0.25, 0.3) is 0 Å². The molecule has 0 aromatic carbocycles. The van der Waals surface area contributed by atoms with Crippen molar-refractivity contribution >= 4 is 11.6 Å². The molecule has 0 unspecified atom stereocenters. The van der Waals surface area contributed by atoms with Crippen molar-refractivity contribution in [3.05, 3.63) is 0 Å². The fourth-order valence-corrected chi connectivity index (χ4v) is 3.54. The normalized spacial score (nSPS) is 11.0. The second-order valence-electron chi connectivity index (χ2n) is 8.09. The molecule has 0 aliphatic heterocycles. The average molecular weight is 367 g/mol. The predicted octanol–water partition coefficient (Wildman–Crippen LogP) is 7.97. The van der Waals surface area contributed by atoms with Crippen molar-refractivity contribution < 1.29 is 9.59 Å². The SMILES string of the molecule is CCCCCCCCCCCCCCCCCCCCCC(=O)C(C)=O. The van der Waals surface area contributed by atoms with Crippen molar-refractivity contribution in [2.45, 2.75) is 142 Å². The van der Waals surface area contributed by atoms with Gasteiger partial charge in [-0.25, -0.2) is 0 Å². The lowest BCUT2D eigenvalue weighted by molar-refractivity contribution is -0.135. The Labute approximate surface area is 163 Å². The topological polar surface area (TPSA) is 34.1 Å². The standard InChI is InChI=1S/C24H46O2/c1-3-4-5-6-7-8-9-10-11-12-13-14-15-16-17-18-19-20-21-22-24(26)23(2)25/h3-22H2,1-2H3. The van der Waals surface area contributed by atoms with Gasteiger partial charge in [-0.15, -0.1) is 0 Å². The first kappa shape index (κ1) is 25.3. The van der Waals surface area contributed by atoms with Gasteiger partial charge in [0, 0.05) is 13.3 Å². The summed E-state index contributed by atoms with van der Waals surface area (Å²) in [6, 6.07) is 0. The first-order valence-corrected chi connectivity index (χ1v) is 11.7. The Kier molecular flexibility index (Phi) is 20.1. The number of ketones is 2. The summed E-state index contributed by atoms with van der Waals surface area (Å²) in [7, 11) is 0. The highest BCUT2D eigenvalue weighted by Gasteiger charge is 2.06. The molecule has 154 valence electrons. The van der Waals surface area contributed by atoms with Crippen molar-refractivity contribution in [3.8, 4) is 0 Å². The van der Waals surface area contributed by atoms with E-state index in [1.807, 2.05) is 0 Å². The third-order valence-corrected chi connectivity index (χ3v) is 5.40. The molecule has 2 nitrogen and oxygen atoms in total. The molecule has 26 heavy (non-hydrogen) atoms. The first-order chi connectivity index (χ1) is 12.7. The molecule has 0 aliphatic carbocycles. The molecule has 0 fully saturated rings. The van der Waals surface area contributed by atoms with E-state index in [0.29, 0.717) is 6.42 Å². The van der Waals surface area contributed by atoms with E-state index in [1.54, 1.807) is 0 Å². The summed E-state index contributed by atoms with van der Waals surface area (Å²) < 4.78 is 0. The maximum atomic E-state index is 11.2. The summed E-state index contributed by atoms with van der Waals surface area (Å²) >= 11 is 0. The summed E-state index contributed by atoms with van der Waals surface area (Å²) in [5.74, 6) is -0.482. The molecule has 0 aromatic rings. The molecule has 0 N–H and O–H groups in total. The molecule has 0 radical (unpaired) electrons. The predicted molar refractivity (Wildman–Crippen MR) is 114 cm³/mol. The molecule has 0 saturated heterocycles. The summed E-state index contributed by atoms with van der Waals surface area (Å²) in [5.41, 5.74) is 0. The van der Waals surface area contributed by atoms with Crippen LogP contribution in [0.4, 0.5) is 0 Å². The summed E-state index contributed by atoms with van der Waals surface area (Å²) in [6.45, 7) is 3.66. The first-order valence-electron chi connectivity index (χ1n) is 11.7. The fraction of sp³-hybridized carbons (Fsp3) is 0.917. The largest absolute Gasteiger partial charge is 0.291 e. The number of hydrogen-bond donors (Lipinski definition) is 0. The average Bonchev–Trinajstić information content (AvgIpc) is 2.63. The summed E-state index contributed by atoms with van der Waals surface area (Å²) in [4.78, 5) is 22.0. The van der Waals surface area contributed by atoms with Crippen LogP contribution in [0, 0.1) is 0 Å². The monoisotopic (exact) mass is 366 g/mol. The minimum absolute atomic E-state index is 0.197. The van der Waals surface area contributed by atoms with Gasteiger partial charge in [-0.2, -0.15) is 0 Å². The smallest absolute Gasteiger partial charge is 0.198 e. The van der Waals surface area contributed by atoms with Gasteiger partial charge in [0.05, 0.1) is 0 Å². The van der Waals surface area contributed by atoms with Crippen molar-refractivity contribution in [2.24, 2.45) is 0 Å². The van der Waals surface area contributed by atoms with Crippen LogP contribution in [-0.2, 0) is 9.59 Å². The fourth-order valence-electron chi connectivity index (χ4n) is 3.54. The molecule has 0 atom stereocenters.